The molecule has 174 valence electrons. The molecule has 2 aliphatic rings. The van der Waals surface area contributed by atoms with Crippen LogP contribution in [0.25, 0.3) is 22.2 Å². The summed E-state index contributed by atoms with van der Waals surface area (Å²) in [4.78, 5) is 21.4. The average Bonchev–Trinajstić information content (AvgIpc) is 3.51. The Hall–Kier alpha value is -3.71. The molecular weight excluding hydrogens is 424 g/mol. The minimum absolute atomic E-state index is 0.000648. The molecule has 0 radical (unpaired) electrons. The molecule has 1 fully saturated rings. The topological polar surface area (TPSA) is 77.2 Å². The number of nitrogens with zero attached hydrogens (tertiary/aromatic N) is 4. The Bertz CT molecular complexity index is 1260. The number of carbonyl (C=O) groups excluding carboxylic acids is 1. The largest absolute Gasteiger partial charge is 0.322 e. The van der Waals surface area contributed by atoms with Crippen LogP contribution in [-0.2, 0) is 6.54 Å². The third-order valence-corrected chi connectivity index (χ3v) is 6.60. The maximum absolute atomic E-state index is 12.7. The number of rotatable bonds is 3. The van der Waals surface area contributed by atoms with Crippen LogP contribution in [0.1, 0.15) is 24.6 Å². The van der Waals surface area contributed by atoms with E-state index in [-0.39, 0.29) is 12.1 Å². The molecule has 7 heteroatoms. The van der Waals surface area contributed by atoms with E-state index in [1.54, 1.807) is 0 Å². The molecule has 1 saturated heterocycles. The number of amides is 2. The predicted molar refractivity (Wildman–Crippen MR) is 136 cm³/mol. The van der Waals surface area contributed by atoms with E-state index in [4.69, 9.17) is 0 Å². The number of urea groups is 1. The standard InChI is InChI=1S/C21H24N6O.C6H6/c1-3-26-7-5-16(12-26)27-11-15-9-17-19(10-18(15)23-21(27)28)24-25-20(17)14-4-6-22-13(2)8-14;1-2-4-6-5-3-1/h4,6,8-10,16H,3,5,7,11-12H2,1-2H3,(H,23,28)(H,24,25);1-6H. The summed E-state index contributed by atoms with van der Waals surface area (Å²) in [6, 6.07) is 20.5. The van der Waals surface area contributed by atoms with Crippen LogP contribution in [0.2, 0.25) is 0 Å². The Balaban J connectivity index is 0.000000351. The molecule has 2 aromatic carbocycles. The third-order valence-electron chi connectivity index (χ3n) is 6.60. The molecule has 2 amide bonds. The number of carbonyl (C=O) groups is 1. The van der Waals surface area contributed by atoms with Crippen LogP contribution in [0.4, 0.5) is 10.5 Å². The monoisotopic (exact) mass is 454 g/mol. The lowest BCUT2D eigenvalue weighted by atomic mass is 10.0. The fourth-order valence-corrected chi connectivity index (χ4v) is 4.75. The van der Waals surface area contributed by atoms with Crippen LogP contribution in [0.15, 0.2) is 66.9 Å². The molecule has 0 aliphatic carbocycles. The Morgan fingerprint density at radius 3 is 2.53 bits per heavy atom. The van der Waals surface area contributed by atoms with Gasteiger partial charge in [0.05, 0.1) is 5.52 Å². The lowest BCUT2D eigenvalue weighted by Gasteiger charge is -2.34. The number of aromatic nitrogens is 3. The number of H-pyrrole nitrogens is 1. The van der Waals surface area contributed by atoms with Crippen LogP contribution in [0, 0.1) is 6.92 Å². The summed E-state index contributed by atoms with van der Waals surface area (Å²) in [7, 11) is 0. The number of fused-ring (bicyclic) bond motifs is 2. The molecule has 0 saturated carbocycles. The van der Waals surface area contributed by atoms with Crippen molar-refractivity contribution in [2.75, 3.05) is 25.0 Å². The first-order chi connectivity index (χ1) is 16.6. The van der Waals surface area contributed by atoms with Crippen molar-refractivity contribution in [3.05, 3.63) is 78.1 Å². The van der Waals surface area contributed by atoms with Gasteiger partial charge in [-0.1, -0.05) is 43.3 Å². The Kier molecular flexibility index (Phi) is 6.27. The number of pyridine rings is 1. The van der Waals surface area contributed by atoms with Crippen molar-refractivity contribution in [2.45, 2.75) is 32.9 Å². The predicted octanol–water partition coefficient (Wildman–Crippen LogP) is 5.06. The van der Waals surface area contributed by atoms with Crippen LogP contribution in [-0.4, -0.2) is 56.7 Å². The molecule has 2 N–H and O–H groups in total. The Morgan fingerprint density at radius 1 is 1.09 bits per heavy atom. The van der Waals surface area contributed by atoms with Crippen LogP contribution in [0.5, 0.6) is 0 Å². The second-order valence-corrected chi connectivity index (χ2v) is 8.86. The number of hydrogen-bond donors (Lipinski definition) is 2. The van der Waals surface area contributed by atoms with Crippen molar-refractivity contribution in [3.63, 3.8) is 0 Å². The van der Waals surface area contributed by atoms with Gasteiger partial charge in [-0.2, -0.15) is 5.10 Å². The van der Waals surface area contributed by atoms with Gasteiger partial charge in [-0.3, -0.25) is 10.1 Å². The molecule has 4 heterocycles. The van der Waals surface area contributed by atoms with Gasteiger partial charge in [0.15, 0.2) is 0 Å². The summed E-state index contributed by atoms with van der Waals surface area (Å²) in [5, 5.41) is 11.8. The third kappa shape index (κ3) is 4.52. The van der Waals surface area contributed by atoms with Gasteiger partial charge in [-0.15, -0.1) is 0 Å². The molecular formula is C27H30N6O. The molecule has 7 nitrogen and oxygen atoms in total. The van der Waals surface area contributed by atoms with Gasteiger partial charge in [-0.05, 0) is 49.7 Å². The summed E-state index contributed by atoms with van der Waals surface area (Å²) >= 11 is 0. The smallest absolute Gasteiger partial charge is 0.316 e. The lowest BCUT2D eigenvalue weighted by Crippen LogP contribution is -2.46. The van der Waals surface area contributed by atoms with E-state index in [1.165, 1.54) is 0 Å². The van der Waals surface area contributed by atoms with Gasteiger partial charge in [0, 0.05) is 54.2 Å². The quantitative estimate of drug-likeness (QED) is 0.454. The number of benzene rings is 2. The first-order valence-electron chi connectivity index (χ1n) is 11.9. The molecule has 0 bridgehead atoms. The van der Waals surface area contributed by atoms with E-state index in [9.17, 15) is 4.79 Å². The highest BCUT2D eigenvalue weighted by Gasteiger charge is 2.33. The summed E-state index contributed by atoms with van der Waals surface area (Å²) in [5.41, 5.74) is 5.87. The van der Waals surface area contributed by atoms with E-state index in [0.717, 1.165) is 65.2 Å². The molecule has 4 aromatic rings. The van der Waals surface area contributed by atoms with Crippen LogP contribution < -0.4 is 5.32 Å². The van der Waals surface area contributed by atoms with Crippen molar-refractivity contribution >= 4 is 22.6 Å². The summed E-state index contributed by atoms with van der Waals surface area (Å²) in [6.07, 6.45) is 2.84. The van der Waals surface area contributed by atoms with E-state index >= 15 is 0 Å². The van der Waals surface area contributed by atoms with Crippen molar-refractivity contribution < 1.29 is 4.79 Å². The lowest BCUT2D eigenvalue weighted by molar-refractivity contribution is 0.180. The van der Waals surface area contributed by atoms with Gasteiger partial charge in [0.2, 0.25) is 0 Å². The minimum Gasteiger partial charge on any atom is -0.316 e. The van der Waals surface area contributed by atoms with E-state index < -0.39 is 0 Å². The maximum Gasteiger partial charge on any atom is 0.322 e. The number of hydrogen-bond acceptors (Lipinski definition) is 4. The zero-order valence-electron chi connectivity index (χ0n) is 19.7. The fraction of sp³-hybridized carbons (Fsp3) is 0.296. The number of nitrogens with one attached hydrogen (secondary N) is 2. The second kappa shape index (κ2) is 9.65. The minimum atomic E-state index is -0.000648. The molecule has 34 heavy (non-hydrogen) atoms. The number of aryl methyl sites for hydroxylation is 1. The van der Waals surface area contributed by atoms with Crippen molar-refractivity contribution in [2.24, 2.45) is 0 Å². The fourth-order valence-electron chi connectivity index (χ4n) is 4.75. The number of aromatic amines is 1. The summed E-state index contributed by atoms with van der Waals surface area (Å²) in [5.74, 6) is 0. The number of anilines is 1. The second-order valence-electron chi connectivity index (χ2n) is 8.86. The zero-order chi connectivity index (χ0) is 23.5. The molecule has 2 aromatic heterocycles. The maximum atomic E-state index is 12.7. The van der Waals surface area contributed by atoms with Crippen LogP contribution >= 0.6 is 0 Å². The molecule has 1 unspecified atom stereocenters. The van der Waals surface area contributed by atoms with Crippen molar-refractivity contribution in [3.8, 4) is 11.3 Å². The average molecular weight is 455 g/mol. The molecule has 6 rings (SSSR count). The first-order valence-corrected chi connectivity index (χ1v) is 11.9. The number of likely N-dealkylation sites (tertiary alicyclic amines) is 1. The van der Waals surface area contributed by atoms with Gasteiger partial charge in [0.1, 0.15) is 5.69 Å². The molecule has 0 spiro atoms. The summed E-state index contributed by atoms with van der Waals surface area (Å²) < 4.78 is 0. The molecule has 2 aliphatic heterocycles. The van der Waals surface area contributed by atoms with Crippen molar-refractivity contribution in [1.82, 2.24) is 25.0 Å². The normalized spacial score (nSPS) is 17.8. The highest BCUT2D eigenvalue weighted by Crippen LogP contribution is 2.34. The van der Waals surface area contributed by atoms with Crippen molar-refractivity contribution in [1.29, 1.82) is 0 Å². The zero-order valence-corrected chi connectivity index (χ0v) is 19.7. The van der Waals surface area contributed by atoms with Gasteiger partial charge < -0.3 is 15.1 Å². The van der Waals surface area contributed by atoms with E-state index in [2.05, 4.69) is 38.4 Å². The van der Waals surface area contributed by atoms with E-state index in [0.29, 0.717) is 6.54 Å². The highest BCUT2D eigenvalue weighted by molar-refractivity contribution is 6.00. The van der Waals surface area contributed by atoms with Gasteiger partial charge in [-0.25, -0.2) is 4.79 Å². The number of likely N-dealkylation sites (N-methyl/N-ethyl adjacent to an activating group) is 1. The first kappa shape index (κ1) is 22.1. The van der Waals surface area contributed by atoms with Crippen LogP contribution in [0.3, 0.4) is 0 Å². The van der Waals surface area contributed by atoms with Gasteiger partial charge >= 0.3 is 6.03 Å². The molecule has 1 atom stereocenters. The summed E-state index contributed by atoms with van der Waals surface area (Å²) in [6.45, 7) is 7.84. The SMILES string of the molecule is CCN1CCC(N2Cc3cc4c(-c5ccnc(C)c5)n[nH]c4cc3NC2=O)C1.c1ccccc1. The Labute approximate surface area is 199 Å². The highest BCUT2D eigenvalue weighted by atomic mass is 16.2. The Morgan fingerprint density at radius 2 is 1.85 bits per heavy atom. The van der Waals surface area contributed by atoms with Gasteiger partial charge in [0.25, 0.3) is 0 Å². The van der Waals surface area contributed by atoms with E-state index in [1.807, 2.05) is 72.6 Å².